The largest absolute Gasteiger partial charge is 0.378 e. The number of thiazole rings is 1. The van der Waals surface area contributed by atoms with Gasteiger partial charge in [0.25, 0.3) is 5.91 Å². The monoisotopic (exact) mass is 276 g/mol. The number of rotatable bonds is 1. The van der Waals surface area contributed by atoms with Gasteiger partial charge in [-0.25, -0.2) is 4.98 Å². The van der Waals surface area contributed by atoms with Crippen LogP contribution in [0.1, 0.15) is 9.67 Å². The minimum Gasteiger partial charge on any atom is -0.378 e. The first-order valence-corrected chi connectivity index (χ1v) is 5.86. The Balaban J connectivity index is 2.07. The van der Waals surface area contributed by atoms with Gasteiger partial charge in [-0.15, -0.1) is 11.3 Å². The van der Waals surface area contributed by atoms with Crippen LogP contribution in [-0.4, -0.2) is 42.1 Å². The smallest absolute Gasteiger partial charge is 0.265 e. The molecule has 0 spiro atoms. The van der Waals surface area contributed by atoms with E-state index in [4.69, 9.17) is 4.74 Å². The summed E-state index contributed by atoms with van der Waals surface area (Å²) in [6.07, 6.45) is 1.60. The average Bonchev–Trinajstić information content (AvgIpc) is 2.65. The number of carbonyl (C=O) groups excluding carboxylic acids is 1. The molecule has 0 aliphatic carbocycles. The number of hydrogen-bond acceptors (Lipinski definition) is 4. The number of halogens is 1. The molecule has 76 valence electrons. The van der Waals surface area contributed by atoms with Gasteiger partial charge in [-0.1, -0.05) is 0 Å². The lowest BCUT2D eigenvalue weighted by atomic mass is 10.4. The van der Waals surface area contributed by atoms with Crippen LogP contribution in [0.15, 0.2) is 10.1 Å². The van der Waals surface area contributed by atoms with E-state index in [0.29, 0.717) is 31.2 Å². The molecule has 6 heteroatoms. The first-order valence-electron chi connectivity index (χ1n) is 4.26. The number of nitrogens with zero attached hydrogens (tertiary/aromatic N) is 2. The Morgan fingerprint density at radius 2 is 2.29 bits per heavy atom. The van der Waals surface area contributed by atoms with Crippen molar-refractivity contribution in [2.75, 3.05) is 26.3 Å². The van der Waals surface area contributed by atoms with Gasteiger partial charge < -0.3 is 9.64 Å². The number of ether oxygens (including phenoxy) is 1. The zero-order chi connectivity index (χ0) is 9.97. The number of aromatic nitrogens is 1. The summed E-state index contributed by atoms with van der Waals surface area (Å²) in [5.41, 5.74) is 0. The highest BCUT2D eigenvalue weighted by atomic mass is 79.9. The summed E-state index contributed by atoms with van der Waals surface area (Å²) in [5.74, 6) is 0.0523. The van der Waals surface area contributed by atoms with E-state index in [0.717, 1.165) is 3.92 Å². The molecule has 4 nitrogen and oxygen atoms in total. The van der Waals surface area contributed by atoms with Crippen molar-refractivity contribution in [1.29, 1.82) is 0 Å². The third kappa shape index (κ3) is 2.13. The summed E-state index contributed by atoms with van der Waals surface area (Å²) >= 11 is 4.60. The maximum absolute atomic E-state index is 11.8. The van der Waals surface area contributed by atoms with Crippen LogP contribution in [0.2, 0.25) is 0 Å². The first kappa shape index (κ1) is 10.1. The molecule has 14 heavy (non-hydrogen) atoms. The van der Waals surface area contributed by atoms with Crippen LogP contribution in [0.5, 0.6) is 0 Å². The summed E-state index contributed by atoms with van der Waals surface area (Å²) in [6.45, 7) is 2.61. The van der Waals surface area contributed by atoms with Crippen molar-refractivity contribution in [3.05, 3.63) is 15.0 Å². The molecule has 1 amide bonds. The minimum atomic E-state index is 0.0523. The lowest BCUT2D eigenvalue weighted by Crippen LogP contribution is -2.40. The maximum Gasteiger partial charge on any atom is 0.265 e. The first-order chi connectivity index (χ1) is 6.77. The van der Waals surface area contributed by atoms with E-state index in [1.807, 2.05) is 0 Å². The van der Waals surface area contributed by atoms with Gasteiger partial charge in [0.1, 0.15) is 4.88 Å². The van der Waals surface area contributed by atoms with Crippen molar-refractivity contribution in [3.63, 3.8) is 0 Å². The Labute approximate surface area is 94.0 Å². The van der Waals surface area contributed by atoms with Crippen molar-refractivity contribution < 1.29 is 9.53 Å². The molecular formula is C8H9BrN2O2S. The zero-order valence-electron chi connectivity index (χ0n) is 7.40. The number of hydrogen-bond donors (Lipinski definition) is 0. The summed E-state index contributed by atoms with van der Waals surface area (Å²) < 4.78 is 5.92. The number of amides is 1. The van der Waals surface area contributed by atoms with Gasteiger partial charge in [-0.2, -0.15) is 0 Å². The van der Waals surface area contributed by atoms with Gasteiger partial charge in [0, 0.05) is 13.1 Å². The fourth-order valence-electron chi connectivity index (χ4n) is 1.27. The highest BCUT2D eigenvalue weighted by molar-refractivity contribution is 9.11. The lowest BCUT2D eigenvalue weighted by molar-refractivity contribution is 0.0306. The molecule has 1 saturated heterocycles. The van der Waals surface area contributed by atoms with Crippen molar-refractivity contribution in [2.45, 2.75) is 0 Å². The molecule has 0 radical (unpaired) electrons. The number of morpholine rings is 1. The van der Waals surface area contributed by atoms with Gasteiger partial charge in [0.15, 0.2) is 3.92 Å². The average molecular weight is 277 g/mol. The molecule has 0 atom stereocenters. The van der Waals surface area contributed by atoms with Crippen LogP contribution in [-0.2, 0) is 4.74 Å². The van der Waals surface area contributed by atoms with E-state index in [1.54, 1.807) is 11.1 Å². The van der Waals surface area contributed by atoms with Crippen LogP contribution < -0.4 is 0 Å². The van der Waals surface area contributed by atoms with E-state index in [9.17, 15) is 4.79 Å². The molecule has 0 bridgehead atoms. The minimum absolute atomic E-state index is 0.0523. The van der Waals surface area contributed by atoms with Gasteiger partial charge in [0.2, 0.25) is 0 Å². The van der Waals surface area contributed by atoms with E-state index in [-0.39, 0.29) is 5.91 Å². The fourth-order valence-corrected chi connectivity index (χ4v) is 2.51. The van der Waals surface area contributed by atoms with Crippen LogP contribution in [0, 0.1) is 0 Å². The standard InChI is InChI=1S/C8H9BrN2O2S/c9-8-10-5-6(14-8)7(12)11-1-3-13-4-2-11/h5H,1-4H2. The predicted molar refractivity (Wildman–Crippen MR) is 56.5 cm³/mol. The maximum atomic E-state index is 11.8. The molecule has 2 rings (SSSR count). The Kier molecular flexibility index (Phi) is 3.15. The van der Waals surface area contributed by atoms with Crippen molar-refractivity contribution in [2.24, 2.45) is 0 Å². The van der Waals surface area contributed by atoms with E-state index >= 15 is 0 Å². The highest BCUT2D eigenvalue weighted by Gasteiger charge is 2.20. The van der Waals surface area contributed by atoms with E-state index in [2.05, 4.69) is 20.9 Å². The molecule has 1 aliphatic rings. The Morgan fingerprint density at radius 1 is 1.57 bits per heavy atom. The van der Waals surface area contributed by atoms with E-state index in [1.165, 1.54) is 11.3 Å². The van der Waals surface area contributed by atoms with Gasteiger partial charge in [0.05, 0.1) is 19.4 Å². The van der Waals surface area contributed by atoms with E-state index < -0.39 is 0 Å². The van der Waals surface area contributed by atoms with Gasteiger partial charge in [-0.3, -0.25) is 4.79 Å². The third-order valence-electron chi connectivity index (χ3n) is 1.99. The quantitative estimate of drug-likeness (QED) is 0.778. The second kappa shape index (κ2) is 4.37. The molecule has 1 aromatic heterocycles. The molecule has 1 fully saturated rings. The van der Waals surface area contributed by atoms with Crippen LogP contribution in [0.3, 0.4) is 0 Å². The summed E-state index contributed by atoms with van der Waals surface area (Å²) in [5, 5.41) is 0. The summed E-state index contributed by atoms with van der Waals surface area (Å²) in [6, 6.07) is 0. The summed E-state index contributed by atoms with van der Waals surface area (Å²) in [7, 11) is 0. The second-order valence-corrected chi connectivity index (χ2v) is 5.19. The summed E-state index contributed by atoms with van der Waals surface area (Å²) in [4.78, 5) is 18.3. The van der Waals surface area contributed by atoms with Crippen molar-refractivity contribution in [1.82, 2.24) is 9.88 Å². The number of carbonyl (C=O) groups is 1. The zero-order valence-corrected chi connectivity index (χ0v) is 9.81. The molecule has 0 aromatic carbocycles. The lowest BCUT2D eigenvalue weighted by Gasteiger charge is -2.26. The van der Waals surface area contributed by atoms with Gasteiger partial charge >= 0.3 is 0 Å². The molecule has 0 saturated carbocycles. The molecular weight excluding hydrogens is 268 g/mol. The fraction of sp³-hybridized carbons (Fsp3) is 0.500. The normalized spacial score (nSPS) is 17.1. The second-order valence-electron chi connectivity index (χ2n) is 2.88. The Hall–Kier alpha value is -0.460. The molecule has 2 heterocycles. The van der Waals surface area contributed by atoms with Crippen LogP contribution >= 0.6 is 27.3 Å². The van der Waals surface area contributed by atoms with Gasteiger partial charge in [-0.05, 0) is 15.9 Å². The molecule has 1 aromatic rings. The Bertz CT molecular complexity index is 336. The molecule has 0 N–H and O–H groups in total. The Morgan fingerprint density at radius 3 is 2.86 bits per heavy atom. The highest BCUT2D eigenvalue weighted by Crippen LogP contribution is 2.20. The molecule has 1 aliphatic heterocycles. The van der Waals surface area contributed by atoms with Crippen molar-refractivity contribution in [3.8, 4) is 0 Å². The van der Waals surface area contributed by atoms with Crippen LogP contribution in [0.25, 0.3) is 0 Å². The predicted octanol–water partition coefficient (Wildman–Crippen LogP) is 1.38. The van der Waals surface area contributed by atoms with Crippen LogP contribution in [0.4, 0.5) is 0 Å². The van der Waals surface area contributed by atoms with Crippen molar-refractivity contribution >= 4 is 33.2 Å². The molecule has 0 unspecified atom stereocenters. The topological polar surface area (TPSA) is 42.4 Å². The third-order valence-corrected chi connectivity index (χ3v) is 3.45. The SMILES string of the molecule is O=C(c1cnc(Br)s1)N1CCOCC1.